The van der Waals surface area contributed by atoms with Crippen molar-refractivity contribution < 1.29 is 13.2 Å². The highest BCUT2D eigenvalue weighted by atomic mass is 32.2. The van der Waals surface area contributed by atoms with Gasteiger partial charge in [0, 0.05) is 31.4 Å². The highest BCUT2D eigenvalue weighted by Gasteiger charge is 2.29. The maximum atomic E-state index is 12.3. The number of nitrogen functional groups attached to an aromatic ring is 1. The molecule has 2 N–H and O–H groups in total. The highest BCUT2D eigenvalue weighted by Crippen LogP contribution is 2.15. The van der Waals surface area contributed by atoms with Crippen molar-refractivity contribution in [2.75, 3.05) is 44.8 Å². The van der Waals surface area contributed by atoms with Crippen LogP contribution in [0.1, 0.15) is 6.92 Å². The number of hydrogen-bond acceptors (Lipinski definition) is 5. The fourth-order valence-corrected chi connectivity index (χ4v) is 3.58. The first-order valence-electron chi connectivity index (χ1n) is 7.05. The molecule has 0 saturated carbocycles. The van der Waals surface area contributed by atoms with Gasteiger partial charge in [-0.05, 0) is 38.2 Å². The minimum Gasteiger partial charge on any atom is -0.492 e. The van der Waals surface area contributed by atoms with Gasteiger partial charge in [-0.25, -0.2) is 8.42 Å². The molecule has 0 aliphatic carbocycles. The van der Waals surface area contributed by atoms with Gasteiger partial charge in [-0.15, -0.1) is 0 Å². The molecule has 0 aromatic heterocycles. The topological polar surface area (TPSA) is 75.9 Å². The van der Waals surface area contributed by atoms with Crippen LogP contribution in [0.3, 0.4) is 0 Å². The normalized spacial score (nSPS) is 21.3. The Morgan fingerprint density at radius 2 is 1.95 bits per heavy atom. The van der Waals surface area contributed by atoms with Gasteiger partial charge in [0.1, 0.15) is 12.4 Å². The van der Waals surface area contributed by atoms with Crippen molar-refractivity contribution in [1.29, 1.82) is 0 Å². The van der Waals surface area contributed by atoms with Crippen LogP contribution in [0.2, 0.25) is 0 Å². The second kappa shape index (κ2) is 6.64. The summed E-state index contributed by atoms with van der Waals surface area (Å²) in [6, 6.07) is 7.17. The van der Waals surface area contributed by atoms with Gasteiger partial charge in [0.15, 0.2) is 0 Å². The van der Waals surface area contributed by atoms with E-state index in [-0.39, 0.29) is 18.4 Å². The van der Waals surface area contributed by atoms with E-state index < -0.39 is 10.0 Å². The van der Waals surface area contributed by atoms with Crippen LogP contribution in [-0.2, 0) is 10.0 Å². The third-order valence-electron chi connectivity index (χ3n) is 3.81. The number of hydrogen-bond donors (Lipinski definition) is 1. The predicted molar refractivity (Wildman–Crippen MR) is 83.8 cm³/mol. The highest BCUT2D eigenvalue weighted by molar-refractivity contribution is 7.89. The lowest BCUT2D eigenvalue weighted by atomic mass is 10.2. The molecule has 1 fully saturated rings. The van der Waals surface area contributed by atoms with Crippen molar-refractivity contribution in [3.05, 3.63) is 24.3 Å². The molecule has 1 aliphatic heterocycles. The molecular weight excluding hydrogens is 290 g/mol. The average molecular weight is 313 g/mol. The average Bonchev–Trinajstić information content (AvgIpc) is 2.44. The van der Waals surface area contributed by atoms with Gasteiger partial charge >= 0.3 is 0 Å². The van der Waals surface area contributed by atoms with E-state index in [1.54, 1.807) is 28.6 Å². The molecule has 1 aromatic rings. The predicted octanol–water partition coefficient (Wildman–Crippen LogP) is 0.613. The monoisotopic (exact) mass is 313 g/mol. The number of likely N-dealkylation sites (N-methyl/N-ethyl adjacent to an activating group) is 1. The molecule has 1 unspecified atom stereocenters. The lowest BCUT2D eigenvalue weighted by Crippen LogP contribution is -2.52. The van der Waals surface area contributed by atoms with Gasteiger partial charge < -0.3 is 15.4 Å². The lowest BCUT2D eigenvalue weighted by Gasteiger charge is -2.36. The van der Waals surface area contributed by atoms with E-state index in [2.05, 4.69) is 4.90 Å². The number of rotatable bonds is 5. The van der Waals surface area contributed by atoms with Crippen LogP contribution in [0.4, 0.5) is 5.69 Å². The van der Waals surface area contributed by atoms with Gasteiger partial charge in [0.2, 0.25) is 10.0 Å². The molecule has 2 rings (SSSR count). The van der Waals surface area contributed by atoms with E-state index in [1.807, 2.05) is 14.0 Å². The van der Waals surface area contributed by atoms with Gasteiger partial charge in [0.25, 0.3) is 0 Å². The summed E-state index contributed by atoms with van der Waals surface area (Å²) in [6.07, 6.45) is 0. The molecule has 21 heavy (non-hydrogen) atoms. The molecule has 0 radical (unpaired) electrons. The van der Waals surface area contributed by atoms with Gasteiger partial charge in [-0.3, -0.25) is 0 Å². The summed E-state index contributed by atoms with van der Waals surface area (Å²) >= 11 is 0. The minimum absolute atomic E-state index is 0.00614. The summed E-state index contributed by atoms with van der Waals surface area (Å²) in [4.78, 5) is 2.16. The molecule has 0 amide bonds. The van der Waals surface area contributed by atoms with Crippen LogP contribution in [0.15, 0.2) is 24.3 Å². The zero-order valence-electron chi connectivity index (χ0n) is 12.5. The van der Waals surface area contributed by atoms with E-state index >= 15 is 0 Å². The smallest absolute Gasteiger partial charge is 0.217 e. The largest absolute Gasteiger partial charge is 0.492 e. The molecule has 7 heteroatoms. The fourth-order valence-electron chi connectivity index (χ4n) is 2.23. The molecule has 1 atom stereocenters. The third kappa shape index (κ3) is 4.33. The van der Waals surface area contributed by atoms with E-state index in [1.165, 1.54) is 0 Å². The van der Waals surface area contributed by atoms with Crippen molar-refractivity contribution in [3.8, 4) is 5.75 Å². The first-order chi connectivity index (χ1) is 9.88. The third-order valence-corrected chi connectivity index (χ3v) is 5.61. The zero-order chi connectivity index (χ0) is 15.5. The number of nitrogens with two attached hydrogens (primary N) is 1. The van der Waals surface area contributed by atoms with Crippen molar-refractivity contribution in [1.82, 2.24) is 9.21 Å². The van der Waals surface area contributed by atoms with Gasteiger partial charge in [-0.1, -0.05) is 0 Å². The van der Waals surface area contributed by atoms with E-state index in [4.69, 9.17) is 10.5 Å². The summed E-state index contributed by atoms with van der Waals surface area (Å²) in [5, 5.41) is 0. The van der Waals surface area contributed by atoms with Crippen molar-refractivity contribution >= 4 is 15.7 Å². The lowest BCUT2D eigenvalue weighted by molar-refractivity contribution is 0.159. The Bertz CT molecular complexity index is 559. The Morgan fingerprint density at radius 3 is 2.57 bits per heavy atom. The molecule has 1 saturated heterocycles. The summed E-state index contributed by atoms with van der Waals surface area (Å²) in [6.45, 7) is 4.03. The summed E-state index contributed by atoms with van der Waals surface area (Å²) in [5.74, 6) is 0.625. The number of ether oxygens (including phenoxy) is 1. The molecule has 1 aromatic carbocycles. The summed E-state index contributed by atoms with van der Waals surface area (Å²) < 4.78 is 31.6. The van der Waals surface area contributed by atoms with Crippen LogP contribution in [0, 0.1) is 0 Å². The number of piperazine rings is 1. The Kier molecular flexibility index (Phi) is 5.08. The van der Waals surface area contributed by atoms with Crippen LogP contribution in [-0.4, -0.2) is 62.7 Å². The molecule has 118 valence electrons. The number of nitrogens with zero attached hydrogens (tertiary/aromatic N) is 2. The number of sulfonamides is 1. The molecule has 0 bridgehead atoms. The van der Waals surface area contributed by atoms with E-state index in [9.17, 15) is 8.42 Å². The Labute approximate surface area is 126 Å². The van der Waals surface area contributed by atoms with Crippen LogP contribution in [0.5, 0.6) is 5.75 Å². The number of benzene rings is 1. The van der Waals surface area contributed by atoms with Gasteiger partial charge in [-0.2, -0.15) is 4.31 Å². The van der Waals surface area contributed by atoms with Gasteiger partial charge in [0.05, 0.1) is 5.75 Å². The second-order valence-corrected chi connectivity index (χ2v) is 7.51. The molecule has 1 aliphatic rings. The van der Waals surface area contributed by atoms with Crippen molar-refractivity contribution in [2.45, 2.75) is 13.0 Å². The Morgan fingerprint density at radius 1 is 1.29 bits per heavy atom. The summed E-state index contributed by atoms with van der Waals surface area (Å²) in [5.41, 5.74) is 6.24. The minimum atomic E-state index is -3.26. The maximum absolute atomic E-state index is 12.3. The maximum Gasteiger partial charge on any atom is 0.217 e. The van der Waals surface area contributed by atoms with Crippen LogP contribution >= 0.6 is 0 Å². The molecule has 1 heterocycles. The molecule has 6 nitrogen and oxygen atoms in total. The fraction of sp³-hybridized carbons (Fsp3) is 0.571. The zero-order valence-corrected chi connectivity index (χ0v) is 13.3. The van der Waals surface area contributed by atoms with E-state index in [0.29, 0.717) is 24.5 Å². The SMILES string of the molecule is CC1CN(S(=O)(=O)CCOc2ccc(N)cc2)CCN1C. The Balaban J connectivity index is 1.85. The first-order valence-corrected chi connectivity index (χ1v) is 8.66. The molecule has 0 spiro atoms. The second-order valence-electron chi connectivity index (χ2n) is 5.42. The van der Waals surface area contributed by atoms with E-state index in [0.717, 1.165) is 6.54 Å². The standard InChI is InChI=1S/C14H23N3O3S/c1-12-11-17(8-7-16(12)2)21(18,19)10-9-20-14-5-3-13(15)4-6-14/h3-6,12H,7-11,15H2,1-2H3. The molecular formula is C14H23N3O3S. The van der Waals surface area contributed by atoms with Crippen LogP contribution < -0.4 is 10.5 Å². The Hall–Kier alpha value is -1.31. The number of anilines is 1. The van der Waals surface area contributed by atoms with Crippen molar-refractivity contribution in [3.63, 3.8) is 0 Å². The summed E-state index contributed by atoms with van der Waals surface area (Å²) in [7, 11) is -1.25. The van der Waals surface area contributed by atoms with Crippen LogP contribution in [0.25, 0.3) is 0 Å². The quantitative estimate of drug-likeness (QED) is 0.806. The van der Waals surface area contributed by atoms with Crippen molar-refractivity contribution in [2.24, 2.45) is 0 Å². The first kappa shape index (κ1) is 16.1.